The van der Waals surface area contributed by atoms with E-state index in [1.165, 1.54) is 18.4 Å². The molecule has 1 aromatic carbocycles. The molecule has 2 heteroatoms. The van der Waals surface area contributed by atoms with Crippen LogP contribution in [0.15, 0.2) is 24.3 Å². The van der Waals surface area contributed by atoms with Crippen LogP contribution in [0.25, 0.3) is 0 Å². The Labute approximate surface area is 98.8 Å². The van der Waals surface area contributed by atoms with Gasteiger partial charge in [0.25, 0.3) is 0 Å². The van der Waals surface area contributed by atoms with Crippen LogP contribution in [-0.2, 0) is 0 Å². The Balaban J connectivity index is 2.28. The fourth-order valence-corrected chi connectivity index (χ4v) is 3.24. The molecule has 0 radical (unpaired) electrons. The number of hydrogen-bond acceptors (Lipinski definition) is 0. The number of benzene rings is 1. The molecular weight excluding hydrogens is 259 g/mol. The molecule has 0 bridgehead atoms. The van der Waals surface area contributed by atoms with E-state index >= 15 is 0 Å². The van der Waals surface area contributed by atoms with E-state index in [-0.39, 0.29) is 0 Å². The number of alkyl halides is 1. The molecule has 0 spiro atoms. The fraction of sp³-hybridized carbons (Fsp3) is 0.500. The highest BCUT2D eigenvalue weighted by molar-refractivity contribution is 9.09. The minimum absolute atomic E-state index is 0.632. The van der Waals surface area contributed by atoms with Crippen molar-refractivity contribution in [3.8, 4) is 0 Å². The second kappa shape index (κ2) is 4.24. The van der Waals surface area contributed by atoms with Crippen molar-refractivity contribution in [2.45, 2.75) is 30.5 Å². The zero-order chi connectivity index (χ0) is 10.1. The summed E-state index contributed by atoms with van der Waals surface area (Å²) in [5, 5.41) is 0.922. The minimum Gasteiger partial charge on any atom is -0.0888 e. The van der Waals surface area contributed by atoms with Gasteiger partial charge >= 0.3 is 0 Å². The maximum Gasteiger partial charge on any atom is 0.0440 e. The van der Waals surface area contributed by atoms with Gasteiger partial charge in [-0.2, -0.15) is 0 Å². The van der Waals surface area contributed by atoms with E-state index in [0.717, 1.165) is 5.02 Å². The molecule has 0 aromatic heterocycles. The highest BCUT2D eigenvalue weighted by Crippen LogP contribution is 2.44. The molecular formula is C12H14BrCl. The van der Waals surface area contributed by atoms with Gasteiger partial charge in [0.2, 0.25) is 0 Å². The van der Waals surface area contributed by atoms with Gasteiger partial charge in [-0.3, -0.25) is 0 Å². The molecule has 1 aromatic rings. The third-order valence-electron chi connectivity index (χ3n) is 3.26. The summed E-state index contributed by atoms with van der Waals surface area (Å²) in [6.07, 6.45) is 2.51. The van der Waals surface area contributed by atoms with Gasteiger partial charge in [-0.25, -0.2) is 0 Å². The second-order valence-corrected chi connectivity index (χ2v) is 5.66. The Kier molecular flexibility index (Phi) is 3.18. The highest BCUT2D eigenvalue weighted by atomic mass is 79.9. The summed E-state index contributed by atoms with van der Waals surface area (Å²) in [7, 11) is 0. The van der Waals surface area contributed by atoms with Crippen LogP contribution in [0, 0.1) is 5.92 Å². The Morgan fingerprint density at radius 3 is 2.57 bits per heavy atom. The van der Waals surface area contributed by atoms with Crippen LogP contribution in [-0.4, -0.2) is 4.83 Å². The standard InChI is InChI=1S/C12H14BrCl/c1-8-9(6-7-11(8)13)10-4-2-3-5-12(10)14/h2-5,8-9,11H,6-7H2,1H3. The summed E-state index contributed by atoms with van der Waals surface area (Å²) in [5.74, 6) is 1.32. The molecule has 3 atom stereocenters. The summed E-state index contributed by atoms with van der Waals surface area (Å²) >= 11 is 9.92. The maximum atomic E-state index is 6.20. The van der Waals surface area contributed by atoms with Gasteiger partial charge < -0.3 is 0 Å². The average molecular weight is 274 g/mol. The first-order valence-electron chi connectivity index (χ1n) is 5.08. The zero-order valence-electron chi connectivity index (χ0n) is 8.21. The first-order valence-corrected chi connectivity index (χ1v) is 6.38. The predicted octanol–water partition coefficient (Wildman–Crippen LogP) is 4.62. The second-order valence-electron chi connectivity index (χ2n) is 4.08. The molecule has 3 unspecified atom stereocenters. The molecule has 1 aliphatic carbocycles. The quantitative estimate of drug-likeness (QED) is 0.655. The van der Waals surface area contributed by atoms with Crippen LogP contribution in [0.5, 0.6) is 0 Å². The van der Waals surface area contributed by atoms with E-state index in [2.05, 4.69) is 35.0 Å². The molecule has 1 saturated carbocycles. The molecule has 14 heavy (non-hydrogen) atoms. The molecule has 0 heterocycles. The third kappa shape index (κ3) is 1.85. The van der Waals surface area contributed by atoms with Crippen molar-refractivity contribution in [1.29, 1.82) is 0 Å². The molecule has 1 fully saturated rings. The topological polar surface area (TPSA) is 0 Å². The molecule has 0 saturated heterocycles. The lowest BCUT2D eigenvalue weighted by atomic mass is 9.90. The van der Waals surface area contributed by atoms with E-state index in [1.54, 1.807) is 0 Å². The molecule has 2 rings (SSSR count). The van der Waals surface area contributed by atoms with E-state index in [9.17, 15) is 0 Å². The van der Waals surface area contributed by atoms with Crippen molar-refractivity contribution >= 4 is 27.5 Å². The summed E-state index contributed by atoms with van der Waals surface area (Å²) in [5.41, 5.74) is 1.32. The molecule has 0 N–H and O–H groups in total. The number of halogens is 2. The largest absolute Gasteiger partial charge is 0.0888 e. The first kappa shape index (κ1) is 10.5. The first-order chi connectivity index (χ1) is 6.70. The van der Waals surface area contributed by atoms with Gasteiger partial charge in [0.15, 0.2) is 0 Å². The van der Waals surface area contributed by atoms with Gasteiger partial charge in [-0.1, -0.05) is 52.7 Å². The summed E-state index contributed by atoms with van der Waals surface area (Å²) in [6.45, 7) is 2.31. The van der Waals surface area contributed by atoms with Gasteiger partial charge in [-0.15, -0.1) is 0 Å². The van der Waals surface area contributed by atoms with E-state index in [0.29, 0.717) is 16.7 Å². The van der Waals surface area contributed by atoms with E-state index < -0.39 is 0 Å². The van der Waals surface area contributed by atoms with Crippen molar-refractivity contribution in [3.05, 3.63) is 34.9 Å². The Morgan fingerprint density at radius 1 is 1.29 bits per heavy atom. The Bertz CT molecular complexity index is 324. The molecule has 1 aliphatic rings. The molecule has 76 valence electrons. The van der Waals surface area contributed by atoms with Crippen LogP contribution in [0.2, 0.25) is 5.02 Å². The Hall–Kier alpha value is -0.0100. The summed E-state index contributed by atoms with van der Waals surface area (Å²) in [4.78, 5) is 0.656. The summed E-state index contributed by atoms with van der Waals surface area (Å²) in [6, 6.07) is 8.23. The van der Waals surface area contributed by atoms with E-state index in [4.69, 9.17) is 11.6 Å². The van der Waals surface area contributed by atoms with Crippen LogP contribution < -0.4 is 0 Å². The van der Waals surface area contributed by atoms with Gasteiger partial charge in [0, 0.05) is 9.85 Å². The SMILES string of the molecule is CC1C(Br)CCC1c1ccccc1Cl. The zero-order valence-corrected chi connectivity index (χ0v) is 10.6. The predicted molar refractivity (Wildman–Crippen MR) is 65.3 cm³/mol. The normalized spacial score (nSPS) is 32.1. The van der Waals surface area contributed by atoms with Gasteiger partial charge in [0.1, 0.15) is 0 Å². The van der Waals surface area contributed by atoms with Crippen molar-refractivity contribution in [2.75, 3.05) is 0 Å². The van der Waals surface area contributed by atoms with E-state index in [1.807, 2.05) is 12.1 Å². The molecule has 0 nitrogen and oxygen atoms in total. The lowest BCUT2D eigenvalue weighted by Gasteiger charge is -2.18. The Morgan fingerprint density at radius 2 is 2.00 bits per heavy atom. The van der Waals surface area contributed by atoms with Crippen molar-refractivity contribution in [3.63, 3.8) is 0 Å². The van der Waals surface area contributed by atoms with Crippen molar-refractivity contribution in [2.24, 2.45) is 5.92 Å². The van der Waals surface area contributed by atoms with Crippen LogP contribution in [0.4, 0.5) is 0 Å². The number of rotatable bonds is 1. The van der Waals surface area contributed by atoms with Gasteiger partial charge in [-0.05, 0) is 36.3 Å². The minimum atomic E-state index is 0.632. The smallest absolute Gasteiger partial charge is 0.0440 e. The number of hydrogen-bond donors (Lipinski definition) is 0. The summed E-state index contributed by atoms with van der Waals surface area (Å²) < 4.78 is 0. The van der Waals surface area contributed by atoms with Crippen molar-refractivity contribution < 1.29 is 0 Å². The average Bonchev–Trinajstić information content (AvgIpc) is 2.49. The highest BCUT2D eigenvalue weighted by Gasteiger charge is 2.32. The van der Waals surface area contributed by atoms with Crippen LogP contribution in [0.1, 0.15) is 31.2 Å². The van der Waals surface area contributed by atoms with Crippen molar-refractivity contribution in [1.82, 2.24) is 0 Å². The lowest BCUT2D eigenvalue weighted by molar-refractivity contribution is 0.545. The fourth-order valence-electron chi connectivity index (χ4n) is 2.33. The van der Waals surface area contributed by atoms with Crippen LogP contribution >= 0.6 is 27.5 Å². The maximum absolute atomic E-state index is 6.20. The lowest BCUT2D eigenvalue weighted by Crippen LogP contribution is -2.09. The van der Waals surface area contributed by atoms with Gasteiger partial charge in [0.05, 0.1) is 0 Å². The third-order valence-corrected chi connectivity index (χ3v) is 4.90. The molecule has 0 amide bonds. The van der Waals surface area contributed by atoms with Crippen LogP contribution in [0.3, 0.4) is 0 Å². The molecule has 0 aliphatic heterocycles. The monoisotopic (exact) mass is 272 g/mol.